The van der Waals surface area contributed by atoms with E-state index in [0.29, 0.717) is 12.2 Å². The number of hydrogen-bond donors (Lipinski definition) is 0. The maximum atomic E-state index is 9.03. The number of rotatable bonds is 5. The van der Waals surface area contributed by atoms with Gasteiger partial charge in [0.1, 0.15) is 11.9 Å². The summed E-state index contributed by atoms with van der Waals surface area (Å²) in [6, 6.07) is 6.01. The highest BCUT2D eigenvalue weighted by molar-refractivity contribution is 5.53. The van der Waals surface area contributed by atoms with Crippen LogP contribution in [0, 0.1) is 11.3 Å². The van der Waals surface area contributed by atoms with E-state index in [4.69, 9.17) is 10.00 Å². The van der Waals surface area contributed by atoms with Gasteiger partial charge in [-0.05, 0) is 26.0 Å². The van der Waals surface area contributed by atoms with Crippen molar-refractivity contribution in [3.05, 3.63) is 23.9 Å². The topological polar surface area (TPSA) is 49.1 Å². The van der Waals surface area contributed by atoms with Gasteiger partial charge in [0.05, 0.1) is 12.2 Å². The molecule has 86 valence electrons. The fourth-order valence-corrected chi connectivity index (χ4v) is 1.51. The third kappa shape index (κ3) is 2.94. The molecule has 0 radical (unpaired) electrons. The molecule has 0 spiro atoms. The summed E-state index contributed by atoms with van der Waals surface area (Å²) in [7, 11) is 1.67. The first-order valence-corrected chi connectivity index (χ1v) is 5.31. The lowest BCUT2D eigenvalue weighted by Gasteiger charge is -2.28. The summed E-state index contributed by atoms with van der Waals surface area (Å²) in [5.41, 5.74) is 0.604. The Bertz CT molecular complexity index is 371. The predicted molar refractivity (Wildman–Crippen MR) is 63.3 cm³/mol. The molecule has 0 N–H and O–H groups in total. The summed E-state index contributed by atoms with van der Waals surface area (Å²) in [6.45, 7) is 5.51. The summed E-state index contributed by atoms with van der Waals surface area (Å²) < 4.78 is 5.07. The van der Waals surface area contributed by atoms with Crippen molar-refractivity contribution in [3.8, 4) is 6.07 Å². The molecular weight excluding hydrogens is 202 g/mol. The van der Waals surface area contributed by atoms with Crippen molar-refractivity contribution in [3.63, 3.8) is 0 Å². The molecule has 4 heteroatoms. The second-order valence-electron chi connectivity index (χ2n) is 3.77. The fraction of sp³-hybridized carbons (Fsp3) is 0.500. The van der Waals surface area contributed by atoms with Crippen molar-refractivity contribution in [2.75, 3.05) is 25.2 Å². The second kappa shape index (κ2) is 6.09. The van der Waals surface area contributed by atoms with Gasteiger partial charge in [-0.3, -0.25) is 0 Å². The average Bonchev–Trinajstić information content (AvgIpc) is 2.29. The van der Waals surface area contributed by atoms with E-state index >= 15 is 0 Å². The van der Waals surface area contributed by atoms with Gasteiger partial charge < -0.3 is 9.64 Å². The first kappa shape index (κ1) is 12.5. The average molecular weight is 219 g/mol. The van der Waals surface area contributed by atoms with E-state index in [-0.39, 0.29) is 6.04 Å². The number of nitriles is 1. The van der Waals surface area contributed by atoms with E-state index in [1.165, 1.54) is 0 Å². The molecule has 0 atom stereocenters. The number of pyridine rings is 1. The third-order valence-corrected chi connectivity index (χ3v) is 2.34. The van der Waals surface area contributed by atoms with Gasteiger partial charge in [-0.2, -0.15) is 5.26 Å². The molecule has 1 heterocycles. The van der Waals surface area contributed by atoms with Crippen LogP contribution in [0.15, 0.2) is 18.3 Å². The molecule has 1 aromatic rings. The minimum atomic E-state index is 0.289. The Morgan fingerprint density at radius 2 is 2.31 bits per heavy atom. The van der Waals surface area contributed by atoms with Crippen molar-refractivity contribution in [1.29, 1.82) is 5.26 Å². The number of anilines is 1. The van der Waals surface area contributed by atoms with Gasteiger partial charge in [0, 0.05) is 25.9 Å². The second-order valence-corrected chi connectivity index (χ2v) is 3.77. The molecule has 0 unspecified atom stereocenters. The van der Waals surface area contributed by atoms with Crippen LogP contribution in [0.4, 0.5) is 5.82 Å². The van der Waals surface area contributed by atoms with Crippen molar-refractivity contribution < 1.29 is 4.74 Å². The molecular formula is C12H17N3O. The zero-order chi connectivity index (χ0) is 12.0. The van der Waals surface area contributed by atoms with Crippen molar-refractivity contribution in [1.82, 2.24) is 4.98 Å². The summed E-state index contributed by atoms with van der Waals surface area (Å²) >= 11 is 0. The Labute approximate surface area is 96.5 Å². The van der Waals surface area contributed by atoms with Crippen molar-refractivity contribution in [2.24, 2.45) is 0 Å². The molecule has 16 heavy (non-hydrogen) atoms. The molecule has 0 aliphatic carbocycles. The third-order valence-electron chi connectivity index (χ3n) is 2.34. The minimum Gasteiger partial charge on any atom is -0.383 e. The van der Waals surface area contributed by atoms with E-state index in [9.17, 15) is 0 Å². The standard InChI is InChI=1S/C12H17N3O/c1-10(2)15(7-8-16-3)12-11(9-13)5-4-6-14-12/h4-6,10H,7-8H2,1-3H3. The number of aromatic nitrogens is 1. The maximum Gasteiger partial charge on any atom is 0.146 e. The van der Waals surface area contributed by atoms with Crippen LogP contribution in [-0.2, 0) is 4.74 Å². The van der Waals surface area contributed by atoms with Crippen LogP contribution in [0.5, 0.6) is 0 Å². The smallest absolute Gasteiger partial charge is 0.146 e. The largest absolute Gasteiger partial charge is 0.383 e. The Balaban J connectivity index is 2.97. The lowest BCUT2D eigenvalue weighted by atomic mass is 10.2. The molecule has 0 aliphatic heterocycles. The van der Waals surface area contributed by atoms with Crippen LogP contribution < -0.4 is 4.90 Å². The Hall–Kier alpha value is -1.60. The van der Waals surface area contributed by atoms with Gasteiger partial charge in [0.25, 0.3) is 0 Å². The summed E-state index contributed by atoms with van der Waals surface area (Å²) in [6.07, 6.45) is 1.71. The Morgan fingerprint density at radius 1 is 1.56 bits per heavy atom. The first-order chi connectivity index (χ1) is 7.70. The van der Waals surface area contributed by atoms with E-state index < -0.39 is 0 Å². The number of methoxy groups -OCH3 is 1. The number of ether oxygens (including phenoxy) is 1. The molecule has 0 aromatic carbocycles. The molecule has 4 nitrogen and oxygen atoms in total. The molecule has 0 bridgehead atoms. The summed E-state index contributed by atoms with van der Waals surface area (Å²) in [5, 5.41) is 9.03. The highest BCUT2D eigenvalue weighted by Crippen LogP contribution is 2.18. The van der Waals surface area contributed by atoms with Crippen LogP contribution in [0.1, 0.15) is 19.4 Å². The Kier molecular flexibility index (Phi) is 4.74. The molecule has 1 rings (SSSR count). The van der Waals surface area contributed by atoms with Crippen molar-refractivity contribution in [2.45, 2.75) is 19.9 Å². The van der Waals surface area contributed by atoms with Gasteiger partial charge in [0.2, 0.25) is 0 Å². The van der Waals surface area contributed by atoms with E-state index in [1.807, 2.05) is 0 Å². The van der Waals surface area contributed by atoms with E-state index in [2.05, 4.69) is 29.8 Å². The van der Waals surface area contributed by atoms with Gasteiger partial charge in [0.15, 0.2) is 0 Å². The molecule has 1 aromatic heterocycles. The van der Waals surface area contributed by atoms with Gasteiger partial charge in [-0.25, -0.2) is 4.98 Å². The fourth-order valence-electron chi connectivity index (χ4n) is 1.51. The van der Waals surface area contributed by atoms with Crippen LogP contribution in [-0.4, -0.2) is 31.3 Å². The summed E-state index contributed by atoms with van der Waals surface area (Å²) in [4.78, 5) is 6.34. The van der Waals surface area contributed by atoms with E-state index in [0.717, 1.165) is 12.4 Å². The maximum absolute atomic E-state index is 9.03. The lowest BCUT2D eigenvalue weighted by molar-refractivity contribution is 0.203. The normalized spacial score (nSPS) is 10.2. The number of nitrogens with zero attached hydrogens (tertiary/aromatic N) is 3. The zero-order valence-corrected chi connectivity index (χ0v) is 9.97. The lowest BCUT2D eigenvalue weighted by Crippen LogP contribution is -2.35. The first-order valence-electron chi connectivity index (χ1n) is 5.31. The monoisotopic (exact) mass is 219 g/mol. The highest BCUT2D eigenvalue weighted by atomic mass is 16.5. The van der Waals surface area contributed by atoms with Gasteiger partial charge in [-0.15, -0.1) is 0 Å². The SMILES string of the molecule is COCCN(c1ncccc1C#N)C(C)C. The number of hydrogen-bond acceptors (Lipinski definition) is 4. The van der Waals surface area contributed by atoms with Gasteiger partial charge in [-0.1, -0.05) is 0 Å². The molecule has 0 aliphatic rings. The Morgan fingerprint density at radius 3 is 2.88 bits per heavy atom. The van der Waals surface area contributed by atoms with Crippen molar-refractivity contribution >= 4 is 5.82 Å². The molecule has 0 fully saturated rings. The van der Waals surface area contributed by atoms with Gasteiger partial charge >= 0.3 is 0 Å². The van der Waals surface area contributed by atoms with Crippen LogP contribution in [0.25, 0.3) is 0 Å². The quantitative estimate of drug-likeness (QED) is 0.758. The van der Waals surface area contributed by atoms with Crippen LogP contribution >= 0.6 is 0 Å². The minimum absolute atomic E-state index is 0.289. The van der Waals surface area contributed by atoms with Crippen LogP contribution in [0.2, 0.25) is 0 Å². The molecule has 0 saturated carbocycles. The predicted octanol–water partition coefficient (Wildman–Crippen LogP) is 1.81. The zero-order valence-electron chi connectivity index (χ0n) is 9.97. The highest BCUT2D eigenvalue weighted by Gasteiger charge is 2.14. The van der Waals surface area contributed by atoms with Crippen LogP contribution in [0.3, 0.4) is 0 Å². The molecule has 0 amide bonds. The van der Waals surface area contributed by atoms with E-state index in [1.54, 1.807) is 25.4 Å². The summed E-state index contributed by atoms with van der Waals surface area (Å²) in [5.74, 6) is 0.733. The molecule has 0 saturated heterocycles.